The summed E-state index contributed by atoms with van der Waals surface area (Å²) in [6, 6.07) is 8.28. The Morgan fingerprint density at radius 3 is 2.45 bits per heavy atom. The highest BCUT2D eigenvalue weighted by Crippen LogP contribution is 2.58. The van der Waals surface area contributed by atoms with Gasteiger partial charge < -0.3 is 15.3 Å². The van der Waals surface area contributed by atoms with Crippen molar-refractivity contribution in [1.82, 2.24) is 9.97 Å². The first-order valence-corrected chi connectivity index (χ1v) is 13.7. The molecule has 1 saturated heterocycles. The Labute approximate surface area is 201 Å². The summed E-state index contributed by atoms with van der Waals surface area (Å²) >= 11 is 6.05. The first-order chi connectivity index (χ1) is 15.9. The van der Waals surface area contributed by atoms with Gasteiger partial charge in [0.05, 0.1) is 33.4 Å². The molecule has 7 rings (SSSR count). The molecule has 2 spiro atoms. The number of fused-ring (bicyclic) bond motifs is 1. The van der Waals surface area contributed by atoms with Crippen molar-refractivity contribution in [3.8, 4) is 0 Å². The minimum atomic E-state index is -1.06. The lowest BCUT2D eigenvalue weighted by atomic mass is 9.56. The molecule has 6 nitrogen and oxygen atoms in total. The highest BCUT2D eigenvalue weighted by molar-refractivity contribution is 7.87. The predicted octanol–water partition coefficient (Wildman–Crippen LogP) is 4.04. The van der Waals surface area contributed by atoms with Gasteiger partial charge in [-0.25, -0.2) is 4.98 Å². The third-order valence-corrected chi connectivity index (χ3v) is 11.2. The summed E-state index contributed by atoms with van der Waals surface area (Å²) in [5.74, 6) is 2.08. The Bertz CT molecular complexity index is 1140. The van der Waals surface area contributed by atoms with Crippen LogP contribution in [-0.4, -0.2) is 49.3 Å². The van der Waals surface area contributed by atoms with Crippen LogP contribution in [0.5, 0.6) is 0 Å². The van der Waals surface area contributed by atoms with Gasteiger partial charge in [0.25, 0.3) is 0 Å². The molecule has 0 unspecified atom stereocenters. The van der Waals surface area contributed by atoms with Gasteiger partial charge in [-0.1, -0.05) is 23.7 Å². The van der Waals surface area contributed by atoms with Crippen molar-refractivity contribution in [2.24, 2.45) is 5.41 Å². The van der Waals surface area contributed by atoms with E-state index in [1.54, 1.807) is 0 Å². The zero-order valence-electron chi connectivity index (χ0n) is 18.6. The SMILES string of the molecule is O=[S@@]1c2c(nc(N3CC4(CC(c5ccc(Cl)cc5)C4)C3)nc2NC2(CO)CCC2)CC12CC2. The van der Waals surface area contributed by atoms with Crippen LogP contribution in [0.25, 0.3) is 0 Å². The molecular formula is C25H29ClN4O2S. The largest absolute Gasteiger partial charge is 0.394 e. The monoisotopic (exact) mass is 484 g/mol. The number of anilines is 2. The Hall–Kier alpha value is -1.70. The Balaban J connectivity index is 1.12. The number of halogens is 1. The summed E-state index contributed by atoms with van der Waals surface area (Å²) in [5.41, 5.74) is 2.38. The summed E-state index contributed by atoms with van der Waals surface area (Å²) in [6.07, 6.45) is 8.16. The second-order valence-corrected chi connectivity index (χ2v) is 13.5. The van der Waals surface area contributed by atoms with Crippen molar-refractivity contribution >= 4 is 34.2 Å². The van der Waals surface area contributed by atoms with Gasteiger partial charge in [0.2, 0.25) is 5.95 Å². The van der Waals surface area contributed by atoms with Gasteiger partial charge in [-0.2, -0.15) is 4.98 Å². The fourth-order valence-corrected chi connectivity index (χ4v) is 8.31. The highest BCUT2D eigenvalue weighted by Gasteiger charge is 2.57. The van der Waals surface area contributed by atoms with Crippen molar-refractivity contribution in [2.45, 2.75) is 72.5 Å². The van der Waals surface area contributed by atoms with Crippen molar-refractivity contribution in [2.75, 3.05) is 29.9 Å². The molecule has 5 aliphatic rings. The fourth-order valence-electron chi connectivity index (χ4n) is 6.41. The number of benzene rings is 1. The molecule has 2 aliphatic heterocycles. The summed E-state index contributed by atoms with van der Waals surface area (Å²) in [7, 11) is -1.06. The Kier molecular flexibility index (Phi) is 4.33. The zero-order chi connectivity index (χ0) is 22.4. The molecule has 0 bridgehead atoms. The van der Waals surface area contributed by atoms with Crippen LogP contribution in [0.2, 0.25) is 5.02 Å². The van der Waals surface area contributed by atoms with Crippen LogP contribution in [0, 0.1) is 5.41 Å². The van der Waals surface area contributed by atoms with E-state index in [4.69, 9.17) is 21.6 Å². The molecule has 33 heavy (non-hydrogen) atoms. The lowest BCUT2D eigenvalue weighted by molar-refractivity contribution is 0.0620. The van der Waals surface area contributed by atoms with E-state index < -0.39 is 10.8 Å². The number of aliphatic hydroxyl groups excluding tert-OH is 1. The standard InChI is InChI=1S/C25H29ClN4O2S/c26-18-4-2-16(3-5-18)17-10-23(11-17)13-30(14-23)22-27-19-12-25(8-9-25)33(32)20(19)21(28-22)29-24(15-31)6-1-7-24/h2-5,17,31H,1,6-15H2,(H,27,28,29)/t33-/m1/s1. The second-order valence-electron chi connectivity index (χ2n) is 11.2. The number of hydrogen-bond donors (Lipinski definition) is 2. The molecule has 3 aliphatic carbocycles. The van der Waals surface area contributed by atoms with Crippen LogP contribution in [0.4, 0.5) is 11.8 Å². The maximum atomic E-state index is 13.3. The minimum Gasteiger partial charge on any atom is -0.394 e. The van der Waals surface area contributed by atoms with Crippen LogP contribution in [0.3, 0.4) is 0 Å². The first kappa shape index (κ1) is 20.7. The lowest BCUT2D eigenvalue weighted by Gasteiger charge is -2.59. The third-order valence-electron chi connectivity index (χ3n) is 8.83. The van der Waals surface area contributed by atoms with Gasteiger partial charge >= 0.3 is 0 Å². The molecule has 2 aromatic rings. The lowest BCUT2D eigenvalue weighted by Crippen LogP contribution is -2.62. The topological polar surface area (TPSA) is 78.4 Å². The van der Waals surface area contributed by atoms with E-state index in [2.05, 4.69) is 22.3 Å². The molecular weight excluding hydrogens is 456 g/mol. The van der Waals surface area contributed by atoms with Crippen LogP contribution < -0.4 is 10.2 Å². The van der Waals surface area contributed by atoms with Crippen molar-refractivity contribution in [3.63, 3.8) is 0 Å². The highest BCUT2D eigenvalue weighted by atomic mass is 35.5. The van der Waals surface area contributed by atoms with Crippen molar-refractivity contribution < 1.29 is 9.32 Å². The van der Waals surface area contributed by atoms with Gasteiger partial charge in [-0.3, -0.25) is 4.21 Å². The van der Waals surface area contributed by atoms with Crippen LogP contribution in [0.1, 0.15) is 62.1 Å². The molecule has 1 aromatic carbocycles. The molecule has 3 saturated carbocycles. The summed E-state index contributed by atoms with van der Waals surface area (Å²) in [4.78, 5) is 12.9. The third kappa shape index (κ3) is 3.11. The van der Waals surface area contributed by atoms with Gasteiger partial charge in [-0.15, -0.1) is 0 Å². The molecule has 1 aromatic heterocycles. The first-order valence-electron chi connectivity index (χ1n) is 12.1. The number of aromatic nitrogens is 2. The number of rotatable bonds is 5. The van der Waals surface area contributed by atoms with E-state index in [0.717, 1.165) is 73.2 Å². The molecule has 8 heteroatoms. The molecule has 174 valence electrons. The van der Waals surface area contributed by atoms with E-state index in [9.17, 15) is 9.32 Å². The Morgan fingerprint density at radius 1 is 1.12 bits per heavy atom. The average Bonchev–Trinajstić information content (AvgIpc) is 3.44. The van der Waals surface area contributed by atoms with Gasteiger partial charge in [0.1, 0.15) is 10.7 Å². The number of hydrogen-bond acceptors (Lipinski definition) is 6. The Morgan fingerprint density at radius 2 is 1.85 bits per heavy atom. The molecule has 2 N–H and O–H groups in total. The maximum absolute atomic E-state index is 13.3. The summed E-state index contributed by atoms with van der Waals surface area (Å²) in [6.45, 7) is 2.04. The van der Waals surface area contributed by atoms with E-state index in [-0.39, 0.29) is 16.9 Å². The molecule has 0 amide bonds. The van der Waals surface area contributed by atoms with Crippen molar-refractivity contribution in [3.05, 3.63) is 40.5 Å². The van der Waals surface area contributed by atoms with Gasteiger partial charge in [0, 0.05) is 29.9 Å². The van der Waals surface area contributed by atoms with Crippen LogP contribution >= 0.6 is 11.6 Å². The fraction of sp³-hybridized carbons (Fsp3) is 0.600. The zero-order valence-corrected chi connectivity index (χ0v) is 20.2. The van der Waals surface area contributed by atoms with Crippen LogP contribution in [0.15, 0.2) is 29.2 Å². The molecule has 3 heterocycles. The molecule has 0 radical (unpaired) electrons. The van der Waals surface area contributed by atoms with E-state index in [1.165, 1.54) is 18.4 Å². The number of aliphatic hydroxyl groups is 1. The van der Waals surface area contributed by atoms with Gasteiger partial charge in [0.15, 0.2) is 0 Å². The van der Waals surface area contributed by atoms with Crippen molar-refractivity contribution in [1.29, 1.82) is 0 Å². The minimum absolute atomic E-state index is 0.0811. The second kappa shape index (κ2) is 6.92. The van der Waals surface area contributed by atoms with E-state index >= 15 is 0 Å². The summed E-state index contributed by atoms with van der Waals surface area (Å²) < 4.78 is 13.2. The van der Waals surface area contributed by atoms with E-state index in [0.29, 0.717) is 17.2 Å². The smallest absolute Gasteiger partial charge is 0.227 e. The quantitative estimate of drug-likeness (QED) is 0.667. The molecule has 1 atom stereocenters. The summed E-state index contributed by atoms with van der Waals surface area (Å²) in [5, 5.41) is 14.3. The van der Waals surface area contributed by atoms with Crippen LogP contribution in [-0.2, 0) is 17.2 Å². The predicted molar refractivity (Wildman–Crippen MR) is 129 cm³/mol. The average molecular weight is 485 g/mol. The number of nitrogens with one attached hydrogen (secondary N) is 1. The van der Waals surface area contributed by atoms with E-state index in [1.807, 2.05) is 12.1 Å². The normalized spacial score (nSPS) is 27.6. The van der Waals surface area contributed by atoms with Gasteiger partial charge in [-0.05, 0) is 68.6 Å². The number of nitrogens with zero attached hydrogens (tertiary/aromatic N) is 3. The maximum Gasteiger partial charge on any atom is 0.227 e. The molecule has 4 fully saturated rings.